The number of carbonyl (C=O) groups is 2. The molecular formula is C34H52O3. The van der Waals surface area contributed by atoms with Crippen LogP contribution >= 0.6 is 0 Å². The Morgan fingerprint density at radius 1 is 1.08 bits per heavy atom. The van der Waals surface area contributed by atoms with Crippen LogP contribution in [0.5, 0.6) is 0 Å². The summed E-state index contributed by atoms with van der Waals surface area (Å²) in [6.45, 7) is 18.7. The van der Waals surface area contributed by atoms with Gasteiger partial charge in [-0.2, -0.15) is 0 Å². The predicted octanol–water partition coefficient (Wildman–Crippen LogP) is 8.81. The van der Waals surface area contributed by atoms with Crippen LogP contribution in [-0.2, 0) is 14.3 Å². The summed E-state index contributed by atoms with van der Waals surface area (Å²) in [5.41, 5.74) is 2.48. The summed E-state index contributed by atoms with van der Waals surface area (Å²) in [4.78, 5) is 25.2. The summed E-state index contributed by atoms with van der Waals surface area (Å²) in [6.07, 6.45) is 19.2. The zero-order valence-electron chi connectivity index (χ0n) is 24.6. The van der Waals surface area contributed by atoms with Crippen LogP contribution in [0.2, 0.25) is 0 Å². The fraction of sp³-hybridized carbons (Fsp3) is 0.706. The Balaban J connectivity index is 0.00000121. The molecule has 3 saturated carbocycles. The molecule has 0 aromatic rings. The molecule has 6 unspecified atom stereocenters. The Bertz CT molecular complexity index is 937. The van der Waals surface area contributed by atoms with E-state index in [9.17, 15) is 9.59 Å². The van der Waals surface area contributed by atoms with E-state index in [2.05, 4.69) is 53.3 Å². The Kier molecular flexibility index (Phi) is 9.86. The van der Waals surface area contributed by atoms with Gasteiger partial charge in [0, 0.05) is 17.4 Å². The molecule has 4 aliphatic carbocycles. The topological polar surface area (TPSA) is 43.4 Å². The monoisotopic (exact) mass is 508 g/mol. The number of allylic oxidation sites excluding steroid dienone is 5. The van der Waals surface area contributed by atoms with Crippen LogP contribution in [0.1, 0.15) is 106 Å². The summed E-state index contributed by atoms with van der Waals surface area (Å²) in [5, 5.41) is 0. The molecule has 37 heavy (non-hydrogen) atoms. The normalized spacial score (nSPS) is 36.1. The van der Waals surface area contributed by atoms with E-state index in [1.165, 1.54) is 24.8 Å². The fourth-order valence-electron chi connectivity index (χ4n) is 7.86. The fourth-order valence-corrected chi connectivity index (χ4v) is 7.86. The lowest BCUT2D eigenvalue weighted by Gasteiger charge is -2.57. The Morgan fingerprint density at radius 2 is 1.78 bits per heavy atom. The number of carbonyl (C=O) groups excluding carboxylic acids is 2. The van der Waals surface area contributed by atoms with Crippen molar-refractivity contribution in [2.45, 2.75) is 112 Å². The van der Waals surface area contributed by atoms with Gasteiger partial charge in [-0.05, 0) is 106 Å². The van der Waals surface area contributed by atoms with E-state index >= 15 is 0 Å². The zero-order chi connectivity index (χ0) is 27.4. The molecule has 0 amide bonds. The molecule has 4 aliphatic rings. The number of hydrogen-bond donors (Lipinski definition) is 0. The van der Waals surface area contributed by atoms with Crippen molar-refractivity contribution in [1.82, 2.24) is 0 Å². The van der Waals surface area contributed by atoms with Crippen molar-refractivity contribution in [1.29, 1.82) is 0 Å². The quantitative estimate of drug-likeness (QED) is 0.204. The van der Waals surface area contributed by atoms with Gasteiger partial charge in [-0.25, -0.2) is 4.79 Å². The van der Waals surface area contributed by atoms with Crippen molar-refractivity contribution >= 4 is 11.8 Å². The first-order chi connectivity index (χ1) is 17.5. The number of esters is 1. The maximum absolute atomic E-state index is 13.1. The molecule has 0 N–H and O–H groups in total. The molecule has 0 aromatic heterocycles. The summed E-state index contributed by atoms with van der Waals surface area (Å²) in [6, 6.07) is 0. The molecule has 3 heteroatoms. The van der Waals surface area contributed by atoms with Crippen LogP contribution in [0, 0.1) is 40.4 Å². The van der Waals surface area contributed by atoms with Gasteiger partial charge in [0.1, 0.15) is 6.10 Å². The van der Waals surface area contributed by atoms with Crippen molar-refractivity contribution in [2.24, 2.45) is 40.4 Å². The van der Waals surface area contributed by atoms with Crippen molar-refractivity contribution in [3.8, 4) is 0 Å². The second kappa shape index (κ2) is 12.3. The summed E-state index contributed by atoms with van der Waals surface area (Å²) in [7, 11) is 0. The highest BCUT2D eigenvalue weighted by Gasteiger charge is 2.60. The standard InChI is InChI=1S/C31H46O3.C3H6/c1-7-22(10-8-9-21(4)20(2)3)29(33)34-28-14-13-26-25-12-11-23-19-24(32)15-17-30(23,5)27(25)16-18-31(26,28)6;1-3-2/h7-9,19-21,25-28H,10-18H2,1-6H3;3H,1H2,2H3/b9-8-,22-7+;/t21-,25?,26?,27?,28?,30?,31?;/m0./s1. The van der Waals surface area contributed by atoms with Crippen LogP contribution < -0.4 is 0 Å². The van der Waals surface area contributed by atoms with Gasteiger partial charge in [0.05, 0.1) is 0 Å². The summed E-state index contributed by atoms with van der Waals surface area (Å²) >= 11 is 0. The van der Waals surface area contributed by atoms with Crippen molar-refractivity contribution in [3.63, 3.8) is 0 Å². The van der Waals surface area contributed by atoms with Crippen LogP contribution in [0.25, 0.3) is 0 Å². The van der Waals surface area contributed by atoms with Gasteiger partial charge in [0.2, 0.25) is 0 Å². The SMILES string of the molecule is C/C=C(\C/C=C\[C@H](C)C(C)C)C(=O)OC1CCC2C3CCC4=CC(=O)CCC4(C)C3CCC12C.C=CC. The molecular weight excluding hydrogens is 456 g/mol. The van der Waals surface area contributed by atoms with Crippen LogP contribution in [-0.4, -0.2) is 17.9 Å². The molecule has 0 aromatic carbocycles. The van der Waals surface area contributed by atoms with Crippen molar-refractivity contribution < 1.29 is 14.3 Å². The summed E-state index contributed by atoms with van der Waals surface area (Å²) in [5.74, 6) is 3.31. The molecule has 0 aliphatic heterocycles. The first-order valence-corrected chi connectivity index (χ1v) is 14.9. The smallest absolute Gasteiger partial charge is 0.334 e. The average Bonchev–Trinajstić information content (AvgIpc) is 3.18. The van der Waals surface area contributed by atoms with Gasteiger partial charge >= 0.3 is 5.97 Å². The molecule has 0 radical (unpaired) electrons. The maximum Gasteiger partial charge on any atom is 0.334 e. The van der Waals surface area contributed by atoms with Crippen LogP contribution in [0.15, 0.2) is 48.1 Å². The van der Waals surface area contributed by atoms with E-state index in [0.29, 0.717) is 48.2 Å². The second-order valence-electron chi connectivity index (χ2n) is 12.9. The molecule has 4 rings (SSSR count). The number of hydrogen-bond acceptors (Lipinski definition) is 3. The molecule has 0 heterocycles. The second-order valence-corrected chi connectivity index (χ2v) is 12.9. The highest BCUT2D eigenvalue weighted by atomic mass is 16.5. The van der Waals surface area contributed by atoms with Crippen molar-refractivity contribution in [3.05, 3.63) is 48.1 Å². The van der Waals surface area contributed by atoms with Crippen molar-refractivity contribution in [2.75, 3.05) is 0 Å². The number of fused-ring (bicyclic) bond motifs is 5. The highest BCUT2D eigenvalue weighted by molar-refractivity contribution is 5.91. The highest BCUT2D eigenvalue weighted by Crippen LogP contribution is 2.65. The third kappa shape index (κ3) is 6.07. The lowest BCUT2D eigenvalue weighted by Crippen LogP contribution is -2.51. The van der Waals surface area contributed by atoms with Gasteiger partial charge in [-0.1, -0.05) is 64.5 Å². The number of ether oxygens (including phenoxy) is 1. The van der Waals surface area contributed by atoms with Gasteiger partial charge in [0.25, 0.3) is 0 Å². The Hall–Kier alpha value is -1.90. The van der Waals surface area contributed by atoms with Gasteiger partial charge in [-0.15, -0.1) is 6.58 Å². The van der Waals surface area contributed by atoms with E-state index in [0.717, 1.165) is 31.3 Å². The minimum atomic E-state index is -0.120. The van der Waals surface area contributed by atoms with E-state index in [1.807, 2.05) is 26.0 Å². The van der Waals surface area contributed by atoms with E-state index in [4.69, 9.17) is 4.74 Å². The van der Waals surface area contributed by atoms with E-state index in [-0.39, 0.29) is 22.9 Å². The van der Waals surface area contributed by atoms with E-state index in [1.54, 1.807) is 6.08 Å². The summed E-state index contributed by atoms with van der Waals surface area (Å²) < 4.78 is 6.27. The minimum absolute atomic E-state index is 0.0251. The molecule has 0 bridgehead atoms. The first-order valence-electron chi connectivity index (χ1n) is 14.9. The predicted molar refractivity (Wildman–Crippen MR) is 154 cm³/mol. The Labute approximate surface area is 226 Å². The molecule has 3 fully saturated rings. The number of rotatable bonds is 6. The van der Waals surface area contributed by atoms with Crippen LogP contribution in [0.4, 0.5) is 0 Å². The average molecular weight is 509 g/mol. The third-order valence-electron chi connectivity index (χ3n) is 10.6. The molecule has 3 nitrogen and oxygen atoms in total. The molecule has 7 atom stereocenters. The van der Waals surface area contributed by atoms with Gasteiger partial charge in [0.15, 0.2) is 5.78 Å². The molecule has 206 valence electrons. The lowest BCUT2D eigenvalue weighted by molar-refractivity contribution is -0.155. The number of ketones is 1. The van der Waals surface area contributed by atoms with Gasteiger partial charge in [-0.3, -0.25) is 4.79 Å². The minimum Gasteiger partial charge on any atom is -0.458 e. The first kappa shape index (κ1) is 29.7. The zero-order valence-corrected chi connectivity index (χ0v) is 24.6. The molecule has 0 spiro atoms. The molecule has 0 saturated heterocycles. The van der Waals surface area contributed by atoms with E-state index < -0.39 is 0 Å². The Morgan fingerprint density at radius 3 is 2.43 bits per heavy atom. The largest absolute Gasteiger partial charge is 0.458 e. The maximum atomic E-state index is 13.1. The van der Waals surface area contributed by atoms with Gasteiger partial charge < -0.3 is 4.74 Å². The lowest BCUT2D eigenvalue weighted by atomic mass is 9.47. The van der Waals surface area contributed by atoms with Crippen LogP contribution in [0.3, 0.4) is 0 Å². The third-order valence-corrected chi connectivity index (χ3v) is 10.6.